The first-order valence-electron chi connectivity index (χ1n) is 5.66. The van der Waals surface area contributed by atoms with Gasteiger partial charge in [-0.15, -0.1) is 21.5 Å². The Bertz CT molecular complexity index is 619. The average molecular weight is 327 g/mol. The Kier molecular flexibility index (Phi) is 5.16. The summed E-state index contributed by atoms with van der Waals surface area (Å²) in [5, 5.41) is 19.6. The lowest BCUT2D eigenvalue weighted by Crippen LogP contribution is -2.07. The van der Waals surface area contributed by atoms with Crippen LogP contribution in [-0.4, -0.2) is 35.4 Å². The van der Waals surface area contributed by atoms with Crippen molar-refractivity contribution < 1.29 is 9.90 Å². The fourth-order valence-corrected chi connectivity index (χ4v) is 3.98. The van der Waals surface area contributed by atoms with Crippen molar-refractivity contribution in [1.82, 2.24) is 10.2 Å². The second-order valence-electron chi connectivity index (χ2n) is 4.05. The van der Waals surface area contributed by atoms with Crippen LogP contribution in [0.2, 0.25) is 0 Å². The van der Waals surface area contributed by atoms with E-state index in [4.69, 9.17) is 5.11 Å². The lowest BCUT2D eigenvalue weighted by Gasteiger charge is -2.03. The number of thiophene rings is 1. The molecule has 0 aliphatic carbocycles. The van der Waals surface area contributed by atoms with Crippen LogP contribution in [-0.2, 0) is 10.5 Å². The van der Waals surface area contributed by atoms with Crippen molar-refractivity contribution in [2.45, 2.75) is 10.1 Å². The Hall–Kier alpha value is -1.38. The van der Waals surface area contributed by atoms with Crippen LogP contribution < -0.4 is 4.90 Å². The number of thioether (sulfide) groups is 1. The van der Waals surface area contributed by atoms with E-state index in [1.165, 1.54) is 4.88 Å². The molecule has 0 atom stereocenters. The zero-order valence-corrected chi connectivity index (χ0v) is 13.4. The summed E-state index contributed by atoms with van der Waals surface area (Å²) in [6, 6.07) is 1.99. The molecule has 0 saturated heterocycles. The second kappa shape index (κ2) is 6.87. The number of carboxylic acids is 1. The molecule has 0 unspecified atom stereocenters. The maximum atomic E-state index is 10.4. The van der Waals surface area contributed by atoms with Gasteiger partial charge < -0.3 is 10.0 Å². The van der Waals surface area contributed by atoms with Crippen molar-refractivity contribution in [2.75, 3.05) is 19.0 Å². The number of hydrogen-bond acceptors (Lipinski definition) is 7. The van der Waals surface area contributed by atoms with Gasteiger partial charge >= 0.3 is 5.97 Å². The van der Waals surface area contributed by atoms with Crippen LogP contribution in [0, 0.1) is 0 Å². The molecular formula is C12H13N3O2S3. The van der Waals surface area contributed by atoms with E-state index in [9.17, 15) is 4.79 Å². The van der Waals surface area contributed by atoms with Gasteiger partial charge in [0.2, 0.25) is 5.13 Å². The number of rotatable bonds is 6. The van der Waals surface area contributed by atoms with Crippen LogP contribution in [0.15, 0.2) is 21.9 Å². The molecule has 8 heteroatoms. The Labute approximate surface area is 129 Å². The lowest BCUT2D eigenvalue weighted by molar-refractivity contribution is -0.131. The molecule has 20 heavy (non-hydrogen) atoms. The quantitative estimate of drug-likeness (QED) is 0.650. The van der Waals surface area contributed by atoms with E-state index >= 15 is 0 Å². The monoisotopic (exact) mass is 327 g/mol. The molecule has 0 amide bonds. The topological polar surface area (TPSA) is 66.3 Å². The molecule has 0 saturated carbocycles. The highest BCUT2D eigenvalue weighted by Gasteiger charge is 2.07. The van der Waals surface area contributed by atoms with Gasteiger partial charge in [-0.25, -0.2) is 4.79 Å². The van der Waals surface area contributed by atoms with Crippen molar-refractivity contribution in [2.24, 2.45) is 0 Å². The summed E-state index contributed by atoms with van der Waals surface area (Å²) >= 11 is 4.81. The van der Waals surface area contributed by atoms with Crippen LogP contribution in [0.25, 0.3) is 6.08 Å². The zero-order chi connectivity index (χ0) is 14.5. The standard InChI is InChI=1S/C12H13N3O2S3/c1-15(2)11-13-14-12(20-11)19-7-9-5-8(6-18-9)3-4-10(16)17/h3-6H,7H2,1-2H3,(H,16,17). The molecule has 2 aromatic heterocycles. The first-order valence-corrected chi connectivity index (χ1v) is 8.35. The van der Waals surface area contributed by atoms with Gasteiger partial charge in [-0.2, -0.15) is 0 Å². The van der Waals surface area contributed by atoms with Crippen LogP contribution in [0.1, 0.15) is 10.4 Å². The van der Waals surface area contributed by atoms with Crippen molar-refractivity contribution in [3.8, 4) is 0 Å². The van der Waals surface area contributed by atoms with Crippen LogP contribution in [0.5, 0.6) is 0 Å². The minimum atomic E-state index is -0.933. The molecule has 5 nitrogen and oxygen atoms in total. The average Bonchev–Trinajstić information content (AvgIpc) is 3.03. The summed E-state index contributed by atoms with van der Waals surface area (Å²) in [5.41, 5.74) is 0.916. The van der Waals surface area contributed by atoms with Crippen LogP contribution in [0.3, 0.4) is 0 Å². The molecule has 2 rings (SSSR count). The first-order chi connectivity index (χ1) is 9.54. The normalized spacial score (nSPS) is 11.1. The van der Waals surface area contributed by atoms with E-state index < -0.39 is 5.97 Å². The number of carbonyl (C=O) groups is 1. The Balaban J connectivity index is 1.92. The number of aromatic nitrogens is 2. The van der Waals surface area contributed by atoms with Gasteiger partial charge in [-0.3, -0.25) is 0 Å². The predicted octanol–water partition coefficient (Wildman–Crippen LogP) is 3.06. The third-order valence-corrected chi connectivity index (χ3v) is 5.62. The van der Waals surface area contributed by atoms with Crippen molar-refractivity contribution in [3.63, 3.8) is 0 Å². The molecule has 1 N–H and O–H groups in total. The fraction of sp³-hybridized carbons (Fsp3) is 0.250. The largest absolute Gasteiger partial charge is 0.478 e. The maximum Gasteiger partial charge on any atom is 0.328 e. The molecule has 0 radical (unpaired) electrons. The molecule has 0 aliphatic heterocycles. The van der Waals surface area contributed by atoms with E-state index in [0.29, 0.717) is 0 Å². The van der Waals surface area contributed by atoms with Gasteiger partial charge in [0.15, 0.2) is 4.34 Å². The zero-order valence-electron chi connectivity index (χ0n) is 10.9. The Morgan fingerprint density at radius 1 is 1.50 bits per heavy atom. The van der Waals surface area contributed by atoms with Gasteiger partial charge in [0.1, 0.15) is 0 Å². The maximum absolute atomic E-state index is 10.4. The van der Waals surface area contributed by atoms with E-state index in [1.54, 1.807) is 40.5 Å². The molecular weight excluding hydrogens is 314 g/mol. The second-order valence-corrected chi connectivity index (χ2v) is 7.23. The van der Waals surface area contributed by atoms with Crippen LogP contribution >= 0.6 is 34.4 Å². The summed E-state index contributed by atoms with van der Waals surface area (Å²) in [6.07, 6.45) is 2.75. The van der Waals surface area contributed by atoms with Crippen molar-refractivity contribution in [3.05, 3.63) is 28.0 Å². The van der Waals surface area contributed by atoms with Crippen molar-refractivity contribution >= 4 is 51.6 Å². The number of nitrogens with zero attached hydrogens (tertiary/aromatic N) is 3. The molecule has 106 valence electrons. The van der Waals surface area contributed by atoms with Gasteiger partial charge in [0.05, 0.1) is 0 Å². The summed E-state index contributed by atoms with van der Waals surface area (Å²) in [4.78, 5) is 13.6. The fourth-order valence-electron chi connectivity index (χ4n) is 1.30. The third kappa shape index (κ3) is 4.32. The Morgan fingerprint density at radius 3 is 2.95 bits per heavy atom. The minimum absolute atomic E-state index is 0.813. The molecule has 0 bridgehead atoms. The number of anilines is 1. The molecule has 2 heterocycles. The Morgan fingerprint density at radius 2 is 2.30 bits per heavy atom. The SMILES string of the molecule is CN(C)c1nnc(SCc2cc(C=CC(=O)O)cs2)s1. The minimum Gasteiger partial charge on any atom is -0.478 e. The van der Waals surface area contributed by atoms with E-state index in [0.717, 1.165) is 26.9 Å². The summed E-state index contributed by atoms with van der Waals surface area (Å²) in [6.45, 7) is 0. The lowest BCUT2D eigenvalue weighted by atomic mass is 10.3. The van der Waals surface area contributed by atoms with E-state index in [2.05, 4.69) is 10.2 Å². The molecule has 2 aromatic rings. The molecule has 0 aliphatic rings. The smallest absolute Gasteiger partial charge is 0.328 e. The van der Waals surface area contributed by atoms with Crippen molar-refractivity contribution in [1.29, 1.82) is 0 Å². The molecule has 0 fully saturated rings. The highest BCUT2D eigenvalue weighted by atomic mass is 32.2. The van der Waals surface area contributed by atoms with Gasteiger partial charge in [0, 0.05) is 30.8 Å². The highest BCUT2D eigenvalue weighted by Crippen LogP contribution is 2.31. The third-order valence-electron chi connectivity index (χ3n) is 2.21. The van der Waals surface area contributed by atoms with E-state index in [-0.39, 0.29) is 0 Å². The van der Waals surface area contributed by atoms with Gasteiger partial charge in [-0.1, -0.05) is 23.1 Å². The van der Waals surface area contributed by atoms with Gasteiger partial charge in [-0.05, 0) is 23.1 Å². The predicted molar refractivity (Wildman–Crippen MR) is 84.8 cm³/mol. The number of carboxylic acid groups (broad SMARTS) is 1. The summed E-state index contributed by atoms with van der Waals surface area (Å²) in [7, 11) is 3.88. The first kappa shape index (κ1) is 15.0. The molecule has 0 aromatic carbocycles. The summed E-state index contributed by atoms with van der Waals surface area (Å²) in [5.74, 6) is -0.120. The molecule has 0 spiro atoms. The highest BCUT2D eigenvalue weighted by molar-refractivity contribution is 8.00. The van der Waals surface area contributed by atoms with E-state index in [1.807, 2.05) is 30.4 Å². The number of aliphatic carboxylic acids is 1. The van der Waals surface area contributed by atoms with Crippen LogP contribution in [0.4, 0.5) is 5.13 Å². The number of hydrogen-bond donors (Lipinski definition) is 1. The summed E-state index contributed by atoms with van der Waals surface area (Å²) < 4.78 is 0.935. The van der Waals surface area contributed by atoms with Gasteiger partial charge in [0.25, 0.3) is 0 Å².